The molecule has 8 nitrogen and oxygen atoms in total. The highest BCUT2D eigenvalue weighted by Gasteiger charge is 2.20. The van der Waals surface area contributed by atoms with E-state index in [4.69, 9.17) is 9.47 Å². The molecular weight excluding hydrogens is 614 g/mol. The Bertz CT molecular complexity index is 776. The Balaban J connectivity index is 2.78. The van der Waals surface area contributed by atoms with E-state index in [9.17, 15) is 9.59 Å². The minimum Gasteiger partial charge on any atom is -0.444 e. The summed E-state index contributed by atoms with van der Waals surface area (Å²) in [4.78, 5) is 28.0. The van der Waals surface area contributed by atoms with E-state index in [1.165, 1.54) is 5.56 Å². The van der Waals surface area contributed by atoms with E-state index in [1.54, 1.807) is 41.5 Å². The highest BCUT2D eigenvalue weighted by atomic mass is 127. The summed E-state index contributed by atoms with van der Waals surface area (Å²) in [6, 6.07) is 4.19. The molecule has 1 aromatic rings. The Kier molecular flexibility index (Phi) is 10.1. The van der Waals surface area contributed by atoms with Crippen LogP contribution in [0.2, 0.25) is 0 Å². The second-order valence-corrected chi connectivity index (χ2v) is 10.8. The van der Waals surface area contributed by atoms with Crippen molar-refractivity contribution < 1.29 is 19.1 Å². The SMILES string of the molecule is Cc1cc(I)c(NCCN/C(=N\C(=O)OC(C)(C)C)NC(=O)OC(C)(C)C)c(I)c1. The number of rotatable bonds is 4. The van der Waals surface area contributed by atoms with Crippen molar-refractivity contribution in [1.82, 2.24) is 10.6 Å². The lowest BCUT2D eigenvalue weighted by atomic mass is 10.2. The van der Waals surface area contributed by atoms with E-state index < -0.39 is 23.4 Å². The van der Waals surface area contributed by atoms with Gasteiger partial charge in [0, 0.05) is 20.2 Å². The molecule has 2 amide bonds. The van der Waals surface area contributed by atoms with E-state index in [0.29, 0.717) is 13.1 Å². The van der Waals surface area contributed by atoms with Crippen LogP contribution in [0.4, 0.5) is 15.3 Å². The summed E-state index contributed by atoms with van der Waals surface area (Å²) in [6.07, 6.45) is -1.52. The molecule has 0 aliphatic carbocycles. The fraction of sp³-hybridized carbons (Fsp3) is 0.550. The van der Waals surface area contributed by atoms with Crippen LogP contribution in [0, 0.1) is 14.1 Å². The number of carbonyl (C=O) groups is 2. The Morgan fingerprint density at radius 1 is 0.967 bits per heavy atom. The van der Waals surface area contributed by atoms with Gasteiger partial charge in [0.2, 0.25) is 5.96 Å². The highest BCUT2D eigenvalue weighted by Crippen LogP contribution is 2.26. The molecule has 0 bridgehead atoms. The first-order valence-electron chi connectivity index (χ1n) is 9.41. The molecule has 0 aliphatic rings. The smallest absolute Gasteiger partial charge is 0.437 e. The van der Waals surface area contributed by atoms with Crippen molar-refractivity contribution in [2.75, 3.05) is 18.4 Å². The van der Waals surface area contributed by atoms with Gasteiger partial charge in [0.1, 0.15) is 11.2 Å². The monoisotopic (exact) mass is 644 g/mol. The molecule has 10 heteroatoms. The number of nitrogens with one attached hydrogen (secondary N) is 3. The Hall–Kier alpha value is -1.31. The average molecular weight is 644 g/mol. The van der Waals surface area contributed by atoms with E-state index in [1.807, 2.05) is 0 Å². The fourth-order valence-electron chi connectivity index (χ4n) is 2.13. The molecule has 0 aromatic heterocycles. The van der Waals surface area contributed by atoms with Crippen LogP contribution in [-0.4, -0.2) is 42.4 Å². The molecule has 0 atom stereocenters. The Morgan fingerprint density at radius 3 is 2.00 bits per heavy atom. The zero-order valence-electron chi connectivity index (χ0n) is 18.4. The van der Waals surface area contributed by atoms with Crippen LogP contribution < -0.4 is 16.0 Å². The van der Waals surface area contributed by atoms with Crippen LogP contribution in [0.3, 0.4) is 0 Å². The van der Waals surface area contributed by atoms with Gasteiger partial charge in [-0.2, -0.15) is 0 Å². The molecule has 0 aliphatic heterocycles. The molecule has 0 heterocycles. The molecule has 30 heavy (non-hydrogen) atoms. The molecule has 0 fully saturated rings. The van der Waals surface area contributed by atoms with Crippen molar-refractivity contribution in [1.29, 1.82) is 0 Å². The minimum absolute atomic E-state index is 0.0337. The minimum atomic E-state index is -0.809. The first-order chi connectivity index (χ1) is 13.7. The molecule has 1 aromatic carbocycles. The number of aliphatic imine (C=N–C) groups is 1. The van der Waals surface area contributed by atoms with E-state index in [-0.39, 0.29) is 5.96 Å². The number of carbonyl (C=O) groups excluding carboxylic acids is 2. The summed E-state index contributed by atoms with van der Waals surface area (Å²) in [5.74, 6) is -0.0337. The molecule has 0 saturated carbocycles. The van der Waals surface area contributed by atoms with Gasteiger partial charge in [-0.05, 0) is 111 Å². The molecule has 0 unspecified atom stereocenters. The summed E-state index contributed by atoms with van der Waals surface area (Å²) in [6.45, 7) is 13.5. The van der Waals surface area contributed by atoms with Crippen molar-refractivity contribution in [3.8, 4) is 0 Å². The second kappa shape index (κ2) is 11.3. The third-order valence-electron chi connectivity index (χ3n) is 3.12. The average Bonchev–Trinajstić information content (AvgIpc) is 2.48. The van der Waals surface area contributed by atoms with E-state index in [2.05, 4.69) is 85.2 Å². The zero-order valence-corrected chi connectivity index (χ0v) is 22.7. The molecule has 0 saturated heterocycles. The number of alkyl carbamates (subject to hydrolysis) is 1. The van der Waals surface area contributed by atoms with Gasteiger partial charge >= 0.3 is 12.2 Å². The van der Waals surface area contributed by atoms with Gasteiger partial charge in [0.25, 0.3) is 0 Å². The first-order valence-corrected chi connectivity index (χ1v) is 11.6. The summed E-state index contributed by atoms with van der Waals surface area (Å²) in [5, 5.41) is 8.76. The van der Waals surface area contributed by atoms with Crippen molar-refractivity contribution in [2.24, 2.45) is 4.99 Å². The lowest BCUT2D eigenvalue weighted by Gasteiger charge is -2.21. The number of hydrogen-bond acceptors (Lipinski definition) is 5. The van der Waals surface area contributed by atoms with Crippen LogP contribution in [0.25, 0.3) is 0 Å². The number of aryl methyl sites for hydroxylation is 1. The maximum Gasteiger partial charge on any atom is 0.437 e. The standard InChI is InChI=1S/C20H30I2N4O4/c1-12-10-13(21)15(14(22)11-12)23-8-9-24-16(25-17(27)29-19(2,3)4)26-18(28)30-20(5,6)7/h10-11,23H,8-9H2,1-7H3,(H2,24,25,26,27,28). The summed E-state index contributed by atoms with van der Waals surface area (Å²) in [5.41, 5.74) is 0.856. The first kappa shape index (κ1) is 26.7. The third-order valence-corrected chi connectivity index (χ3v) is 4.82. The summed E-state index contributed by atoms with van der Waals surface area (Å²) in [7, 11) is 0. The van der Waals surface area contributed by atoms with Crippen molar-refractivity contribution in [3.05, 3.63) is 24.8 Å². The quantitative estimate of drug-likeness (QED) is 0.184. The molecule has 0 spiro atoms. The largest absolute Gasteiger partial charge is 0.444 e. The lowest BCUT2D eigenvalue weighted by Crippen LogP contribution is -2.45. The van der Waals surface area contributed by atoms with E-state index in [0.717, 1.165) is 12.8 Å². The van der Waals surface area contributed by atoms with Crippen LogP contribution in [0.1, 0.15) is 47.1 Å². The van der Waals surface area contributed by atoms with Crippen LogP contribution in [0.15, 0.2) is 17.1 Å². The zero-order chi connectivity index (χ0) is 23.1. The predicted octanol–water partition coefficient (Wildman–Crippen LogP) is 5.02. The number of halogens is 2. The van der Waals surface area contributed by atoms with Gasteiger partial charge in [0.15, 0.2) is 0 Å². The maximum atomic E-state index is 12.1. The lowest BCUT2D eigenvalue weighted by molar-refractivity contribution is 0.0560. The van der Waals surface area contributed by atoms with Crippen molar-refractivity contribution >= 4 is 69.0 Å². The molecule has 3 N–H and O–H groups in total. The number of hydrogen-bond donors (Lipinski definition) is 3. The van der Waals surface area contributed by atoms with Crippen molar-refractivity contribution in [3.63, 3.8) is 0 Å². The molecule has 1 rings (SSSR count). The normalized spacial score (nSPS) is 12.2. The van der Waals surface area contributed by atoms with Crippen molar-refractivity contribution in [2.45, 2.75) is 59.7 Å². The molecule has 168 valence electrons. The predicted molar refractivity (Wildman–Crippen MR) is 136 cm³/mol. The fourth-order valence-corrected chi connectivity index (χ4v) is 4.59. The highest BCUT2D eigenvalue weighted by molar-refractivity contribution is 14.1. The van der Waals surface area contributed by atoms with Gasteiger partial charge in [-0.25, -0.2) is 9.59 Å². The Morgan fingerprint density at radius 2 is 1.50 bits per heavy atom. The van der Waals surface area contributed by atoms with Gasteiger partial charge in [-0.3, -0.25) is 5.32 Å². The number of amides is 2. The molecule has 0 radical (unpaired) electrons. The number of nitrogens with zero attached hydrogens (tertiary/aromatic N) is 1. The van der Waals surface area contributed by atoms with Gasteiger partial charge in [0.05, 0.1) is 5.69 Å². The van der Waals surface area contributed by atoms with E-state index >= 15 is 0 Å². The maximum absolute atomic E-state index is 12.1. The number of benzene rings is 1. The van der Waals surface area contributed by atoms with Gasteiger partial charge in [-0.15, -0.1) is 4.99 Å². The third kappa shape index (κ3) is 11.2. The van der Waals surface area contributed by atoms with Gasteiger partial charge in [-0.1, -0.05) is 0 Å². The van der Waals surface area contributed by atoms with Crippen LogP contribution in [-0.2, 0) is 9.47 Å². The summed E-state index contributed by atoms with van der Waals surface area (Å²) < 4.78 is 12.7. The summed E-state index contributed by atoms with van der Waals surface area (Å²) >= 11 is 4.57. The number of anilines is 1. The topological polar surface area (TPSA) is 101 Å². The van der Waals surface area contributed by atoms with Gasteiger partial charge < -0.3 is 20.1 Å². The number of ether oxygens (including phenoxy) is 2. The van der Waals surface area contributed by atoms with Crippen LogP contribution >= 0.6 is 45.2 Å². The molecular formula is C20H30I2N4O4. The van der Waals surface area contributed by atoms with Crippen LogP contribution in [0.5, 0.6) is 0 Å². The Labute approximate surface area is 205 Å². The number of guanidine groups is 1. The second-order valence-electron chi connectivity index (χ2n) is 8.52.